The quantitative estimate of drug-likeness (QED) is 0.642. The van der Waals surface area contributed by atoms with Crippen LogP contribution in [0.25, 0.3) is 0 Å². The van der Waals surface area contributed by atoms with Gasteiger partial charge in [0.05, 0.1) is 11.9 Å². The van der Waals surface area contributed by atoms with E-state index in [0.717, 1.165) is 17.7 Å². The first-order chi connectivity index (χ1) is 9.22. The lowest BCUT2D eigenvalue weighted by atomic mass is 10.1. The maximum absolute atomic E-state index is 11.9. The average molecular weight is 257 g/mol. The fourth-order valence-electron chi connectivity index (χ4n) is 1.66. The van der Waals surface area contributed by atoms with E-state index in [4.69, 9.17) is 0 Å². The Hall–Kier alpha value is -2.50. The first-order valence-electron chi connectivity index (χ1n) is 6.00. The van der Waals surface area contributed by atoms with Crippen LogP contribution < -0.4 is 5.43 Å². The minimum atomic E-state index is -0.333. The maximum Gasteiger partial charge on any atom is 0.292 e. The van der Waals surface area contributed by atoms with Crippen LogP contribution in [0.3, 0.4) is 0 Å². The number of rotatable bonds is 4. The van der Waals surface area contributed by atoms with Gasteiger partial charge in [0, 0.05) is 17.5 Å². The molecule has 0 aliphatic carbocycles. The van der Waals surface area contributed by atoms with E-state index in [-0.39, 0.29) is 5.91 Å². The summed E-state index contributed by atoms with van der Waals surface area (Å²) >= 11 is 0. The Morgan fingerprint density at radius 3 is 3.00 bits per heavy atom. The van der Waals surface area contributed by atoms with Crippen molar-refractivity contribution in [3.05, 3.63) is 47.0 Å². The van der Waals surface area contributed by atoms with Crippen LogP contribution >= 0.6 is 0 Å². The number of aromatic nitrogens is 3. The van der Waals surface area contributed by atoms with Gasteiger partial charge < -0.3 is 0 Å². The molecule has 6 heteroatoms. The summed E-state index contributed by atoms with van der Waals surface area (Å²) in [5.41, 5.74) is 5.29. The number of pyridine rings is 1. The molecule has 0 unspecified atom stereocenters. The highest BCUT2D eigenvalue weighted by Gasteiger charge is 2.14. The van der Waals surface area contributed by atoms with Crippen LogP contribution in [0.1, 0.15) is 34.4 Å². The van der Waals surface area contributed by atoms with Crippen molar-refractivity contribution in [3.8, 4) is 0 Å². The number of hydrazone groups is 1. The van der Waals surface area contributed by atoms with Crippen LogP contribution in [0.4, 0.5) is 0 Å². The molecule has 6 nitrogen and oxygen atoms in total. The smallest absolute Gasteiger partial charge is 0.282 e. The summed E-state index contributed by atoms with van der Waals surface area (Å²) in [5.74, 6) is -0.333. The third kappa shape index (κ3) is 3.04. The molecule has 0 spiro atoms. The molecule has 0 aromatic carbocycles. The molecule has 2 aromatic rings. The molecule has 2 aromatic heterocycles. The number of amides is 1. The van der Waals surface area contributed by atoms with Crippen molar-refractivity contribution < 1.29 is 4.79 Å². The number of aryl methyl sites for hydroxylation is 1. The van der Waals surface area contributed by atoms with Gasteiger partial charge in [0.2, 0.25) is 0 Å². The molecule has 2 heterocycles. The largest absolute Gasteiger partial charge is 0.292 e. The number of hydrogen-bond acceptors (Lipinski definition) is 4. The molecule has 2 rings (SSSR count). The topological polar surface area (TPSA) is 83.0 Å². The predicted molar refractivity (Wildman–Crippen MR) is 72.0 cm³/mol. The highest BCUT2D eigenvalue weighted by atomic mass is 16.2. The molecule has 0 bridgehead atoms. The molecule has 0 aliphatic rings. The zero-order valence-corrected chi connectivity index (χ0v) is 10.8. The Kier molecular flexibility index (Phi) is 4.02. The second kappa shape index (κ2) is 5.90. The van der Waals surface area contributed by atoms with Crippen LogP contribution in [0.15, 0.2) is 29.5 Å². The molecular formula is C13H15N5O. The number of hydrogen-bond donors (Lipinski definition) is 2. The van der Waals surface area contributed by atoms with Gasteiger partial charge >= 0.3 is 0 Å². The lowest BCUT2D eigenvalue weighted by molar-refractivity contribution is 0.0949. The van der Waals surface area contributed by atoms with Gasteiger partial charge in [0.25, 0.3) is 5.91 Å². The first-order valence-corrected chi connectivity index (χ1v) is 6.00. The van der Waals surface area contributed by atoms with Crippen molar-refractivity contribution in [2.45, 2.75) is 20.3 Å². The minimum Gasteiger partial charge on any atom is -0.282 e. The van der Waals surface area contributed by atoms with Crippen molar-refractivity contribution in [1.82, 2.24) is 20.6 Å². The van der Waals surface area contributed by atoms with E-state index < -0.39 is 0 Å². The van der Waals surface area contributed by atoms with E-state index in [0.29, 0.717) is 11.4 Å². The van der Waals surface area contributed by atoms with Crippen molar-refractivity contribution in [3.63, 3.8) is 0 Å². The van der Waals surface area contributed by atoms with E-state index in [1.165, 1.54) is 6.21 Å². The molecule has 19 heavy (non-hydrogen) atoms. The zero-order valence-electron chi connectivity index (χ0n) is 10.8. The zero-order chi connectivity index (χ0) is 13.7. The highest BCUT2D eigenvalue weighted by molar-refractivity contribution is 5.94. The van der Waals surface area contributed by atoms with Crippen LogP contribution in [-0.4, -0.2) is 27.3 Å². The van der Waals surface area contributed by atoms with Gasteiger partial charge in [-0.05, 0) is 25.5 Å². The summed E-state index contributed by atoms with van der Waals surface area (Å²) < 4.78 is 0. The molecule has 0 aliphatic heterocycles. The van der Waals surface area contributed by atoms with Crippen LogP contribution in [0.2, 0.25) is 0 Å². The molecule has 2 N–H and O–H groups in total. The molecule has 0 atom stereocenters. The third-order valence-corrected chi connectivity index (χ3v) is 2.73. The van der Waals surface area contributed by atoms with Gasteiger partial charge in [-0.1, -0.05) is 13.0 Å². The average Bonchev–Trinajstić information content (AvgIpc) is 2.81. The standard InChI is InChI=1S/C13H15N5O/c1-3-11-9(2)12(17-16-11)13(19)18-15-8-10-6-4-5-7-14-10/h4-8H,3H2,1-2H3,(H,16,17)(H,18,19)/b15-8-. The van der Waals surface area contributed by atoms with Crippen molar-refractivity contribution in [2.75, 3.05) is 0 Å². The lowest BCUT2D eigenvalue weighted by Gasteiger charge is -1.97. The molecular weight excluding hydrogens is 242 g/mol. The number of carbonyl (C=O) groups excluding carboxylic acids is 1. The Labute approximate surface area is 111 Å². The van der Waals surface area contributed by atoms with Crippen molar-refractivity contribution in [2.24, 2.45) is 5.10 Å². The molecule has 0 saturated heterocycles. The SMILES string of the molecule is CCc1[nH]nc(C(=O)N/N=C\c2ccccn2)c1C. The number of nitrogens with one attached hydrogen (secondary N) is 2. The predicted octanol–water partition coefficient (Wildman–Crippen LogP) is 1.44. The summed E-state index contributed by atoms with van der Waals surface area (Å²) in [6.07, 6.45) is 3.96. The summed E-state index contributed by atoms with van der Waals surface area (Å²) in [6, 6.07) is 5.46. The monoisotopic (exact) mass is 257 g/mol. The Bertz CT molecular complexity index is 588. The number of aromatic amines is 1. The Morgan fingerprint density at radius 1 is 1.53 bits per heavy atom. The van der Waals surface area contributed by atoms with Crippen LogP contribution in [0.5, 0.6) is 0 Å². The van der Waals surface area contributed by atoms with Crippen LogP contribution in [0, 0.1) is 6.92 Å². The second-order valence-electron chi connectivity index (χ2n) is 3.98. The third-order valence-electron chi connectivity index (χ3n) is 2.73. The molecule has 98 valence electrons. The van der Waals surface area contributed by atoms with Crippen molar-refractivity contribution in [1.29, 1.82) is 0 Å². The van der Waals surface area contributed by atoms with E-state index in [2.05, 4.69) is 25.7 Å². The lowest BCUT2D eigenvalue weighted by Crippen LogP contribution is -2.19. The fraction of sp³-hybridized carbons (Fsp3) is 0.231. The van der Waals surface area contributed by atoms with Gasteiger partial charge in [0.15, 0.2) is 5.69 Å². The Morgan fingerprint density at radius 2 is 2.37 bits per heavy atom. The fourth-order valence-corrected chi connectivity index (χ4v) is 1.66. The molecule has 0 radical (unpaired) electrons. The maximum atomic E-state index is 11.9. The Balaban J connectivity index is 2.02. The summed E-state index contributed by atoms with van der Waals surface area (Å²) in [5, 5.41) is 10.7. The highest BCUT2D eigenvalue weighted by Crippen LogP contribution is 2.09. The summed E-state index contributed by atoms with van der Waals surface area (Å²) in [6.45, 7) is 3.86. The minimum absolute atomic E-state index is 0.333. The van der Waals surface area contributed by atoms with Crippen LogP contribution in [-0.2, 0) is 6.42 Å². The van der Waals surface area contributed by atoms with Gasteiger partial charge in [-0.15, -0.1) is 0 Å². The number of nitrogens with zero attached hydrogens (tertiary/aromatic N) is 3. The summed E-state index contributed by atoms with van der Waals surface area (Å²) in [7, 11) is 0. The number of H-pyrrole nitrogens is 1. The van der Waals surface area contributed by atoms with Gasteiger partial charge in [-0.2, -0.15) is 10.2 Å². The van der Waals surface area contributed by atoms with Gasteiger partial charge in [-0.3, -0.25) is 14.9 Å². The van der Waals surface area contributed by atoms with Crippen molar-refractivity contribution >= 4 is 12.1 Å². The van der Waals surface area contributed by atoms with Gasteiger partial charge in [-0.25, -0.2) is 5.43 Å². The summed E-state index contributed by atoms with van der Waals surface area (Å²) in [4.78, 5) is 15.9. The molecule has 0 saturated carbocycles. The first kappa shape index (κ1) is 12.9. The van der Waals surface area contributed by atoms with E-state index in [1.807, 2.05) is 26.0 Å². The molecule has 0 fully saturated rings. The second-order valence-corrected chi connectivity index (χ2v) is 3.98. The van der Waals surface area contributed by atoms with E-state index >= 15 is 0 Å². The molecule has 1 amide bonds. The normalized spacial score (nSPS) is 10.8. The van der Waals surface area contributed by atoms with Gasteiger partial charge in [0.1, 0.15) is 0 Å². The van der Waals surface area contributed by atoms with E-state index in [9.17, 15) is 4.79 Å². The number of carbonyl (C=O) groups is 1. The van der Waals surface area contributed by atoms with E-state index in [1.54, 1.807) is 12.3 Å².